The van der Waals surface area contributed by atoms with E-state index in [0.29, 0.717) is 23.9 Å². The van der Waals surface area contributed by atoms with Crippen LogP contribution < -0.4 is 0 Å². The molecule has 0 N–H and O–H groups in total. The fourth-order valence-electron chi connectivity index (χ4n) is 1.98. The monoisotopic (exact) mass is 284 g/mol. The van der Waals surface area contributed by atoms with E-state index in [1.165, 1.54) is 5.56 Å². The van der Waals surface area contributed by atoms with Crippen molar-refractivity contribution in [2.45, 2.75) is 26.3 Å². The number of benzene rings is 1. The van der Waals surface area contributed by atoms with Gasteiger partial charge in [0, 0.05) is 28.9 Å². The van der Waals surface area contributed by atoms with Gasteiger partial charge in [0.1, 0.15) is 5.82 Å². The lowest BCUT2D eigenvalue weighted by molar-refractivity contribution is 0.673. The van der Waals surface area contributed by atoms with Crippen molar-refractivity contribution in [3.63, 3.8) is 0 Å². The Morgan fingerprint density at radius 3 is 2.89 bits per heavy atom. The van der Waals surface area contributed by atoms with Crippen LogP contribution in [0.25, 0.3) is 11.0 Å². The molecule has 0 aliphatic rings. The van der Waals surface area contributed by atoms with Crippen LogP contribution in [0.3, 0.4) is 0 Å². The molecule has 0 radical (unpaired) electrons. The number of fused-ring (bicyclic) bond motifs is 1. The fourth-order valence-corrected chi connectivity index (χ4v) is 2.86. The Morgan fingerprint density at radius 1 is 1.44 bits per heavy atom. The number of alkyl halides is 1. The van der Waals surface area contributed by atoms with Crippen molar-refractivity contribution >= 4 is 33.4 Å². The Bertz CT molecular complexity index is 580. The number of aryl methyl sites for hydroxylation is 2. The molecule has 0 fully saturated rings. The summed E-state index contributed by atoms with van der Waals surface area (Å²) in [6.07, 6.45) is 0. The summed E-state index contributed by atoms with van der Waals surface area (Å²) in [5, 5.41) is 0. The molecule has 1 aromatic heterocycles. The van der Waals surface area contributed by atoms with Crippen LogP contribution >= 0.6 is 11.6 Å². The Hall–Kier alpha value is -0.870. The first-order chi connectivity index (χ1) is 8.65. The smallest absolute Gasteiger partial charge is 0.124 e. The third-order valence-electron chi connectivity index (χ3n) is 2.97. The van der Waals surface area contributed by atoms with Crippen molar-refractivity contribution in [2.24, 2.45) is 0 Å². The van der Waals surface area contributed by atoms with Gasteiger partial charge in [-0.05, 0) is 24.6 Å². The molecule has 0 bridgehead atoms. The highest BCUT2D eigenvalue weighted by Gasteiger charge is 2.10. The maximum Gasteiger partial charge on any atom is 0.124 e. The number of imidazole rings is 1. The molecule has 0 spiro atoms. The average molecular weight is 285 g/mol. The molecule has 18 heavy (non-hydrogen) atoms. The van der Waals surface area contributed by atoms with Gasteiger partial charge in [0.25, 0.3) is 0 Å². The van der Waals surface area contributed by atoms with E-state index in [-0.39, 0.29) is 0 Å². The first-order valence-electron chi connectivity index (χ1n) is 6.02. The van der Waals surface area contributed by atoms with Crippen molar-refractivity contribution < 1.29 is 4.21 Å². The molecule has 2 rings (SSSR count). The molecule has 0 aliphatic carbocycles. The summed E-state index contributed by atoms with van der Waals surface area (Å²) in [6, 6.07) is 6.18. The molecular weight excluding hydrogens is 268 g/mol. The highest BCUT2D eigenvalue weighted by Crippen LogP contribution is 2.19. The molecule has 0 aliphatic heterocycles. The van der Waals surface area contributed by atoms with Crippen molar-refractivity contribution in [1.29, 1.82) is 0 Å². The number of rotatable bonds is 5. The van der Waals surface area contributed by atoms with E-state index in [0.717, 1.165) is 16.9 Å². The van der Waals surface area contributed by atoms with Crippen LogP contribution in [0.2, 0.25) is 0 Å². The van der Waals surface area contributed by atoms with Crippen LogP contribution in [-0.4, -0.2) is 25.3 Å². The Morgan fingerprint density at radius 2 is 2.22 bits per heavy atom. The molecule has 1 aromatic carbocycles. The summed E-state index contributed by atoms with van der Waals surface area (Å²) >= 11 is 5.93. The van der Waals surface area contributed by atoms with Gasteiger partial charge in [-0.3, -0.25) is 4.21 Å². The van der Waals surface area contributed by atoms with Gasteiger partial charge in [0.2, 0.25) is 0 Å². The Balaban J connectivity index is 2.37. The topological polar surface area (TPSA) is 34.9 Å². The molecule has 1 atom stereocenters. The van der Waals surface area contributed by atoms with E-state index in [2.05, 4.69) is 27.8 Å². The van der Waals surface area contributed by atoms with Gasteiger partial charge in [0.05, 0.1) is 16.9 Å². The number of nitrogens with zero attached hydrogens (tertiary/aromatic N) is 2. The number of hydrogen-bond acceptors (Lipinski definition) is 2. The highest BCUT2D eigenvalue weighted by atomic mass is 35.5. The van der Waals surface area contributed by atoms with Gasteiger partial charge in [-0.15, -0.1) is 11.6 Å². The van der Waals surface area contributed by atoms with Gasteiger partial charge >= 0.3 is 0 Å². The largest absolute Gasteiger partial charge is 0.326 e. The van der Waals surface area contributed by atoms with Crippen molar-refractivity contribution in [3.05, 3.63) is 29.6 Å². The van der Waals surface area contributed by atoms with Gasteiger partial charge in [0.15, 0.2) is 0 Å². The predicted molar refractivity (Wildman–Crippen MR) is 77.6 cm³/mol. The van der Waals surface area contributed by atoms with Gasteiger partial charge < -0.3 is 4.57 Å². The summed E-state index contributed by atoms with van der Waals surface area (Å²) in [5.41, 5.74) is 3.22. The van der Waals surface area contributed by atoms with E-state index in [4.69, 9.17) is 11.6 Å². The number of halogens is 1. The van der Waals surface area contributed by atoms with E-state index in [1.807, 2.05) is 13.8 Å². The molecule has 98 valence electrons. The van der Waals surface area contributed by atoms with Crippen LogP contribution in [0.4, 0.5) is 0 Å². The first-order valence-corrected chi connectivity index (χ1v) is 8.04. The lowest BCUT2D eigenvalue weighted by Crippen LogP contribution is -2.11. The van der Waals surface area contributed by atoms with Crippen LogP contribution in [-0.2, 0) is 23.2 Å². The molecule has 3 nitrogen and oxygen atoms in total. The van der Waals surface area contributed by atoms with Crippen LogP contribution in [0.5, 0.6) is 0 Å². The lowest BCUT2D eigenvalue weighted by atomic mass is 10.2. The van der Waals surface area contributed by atoms with E-state index < -0.39 is 10.8 Å². The Labute approximate surface area is 115 Å². The first kappa shape index (κ1) is 13.6. The van der Waals surface area contributed by atoms with Gasteiger partial charge in [-0.2, -0.15) is 0 Å². The SMILES string of the molecule is CCS(=O)CCn1c(CCl)nc2cc(C)ccc21. The van der Waals surface area contributed by atoms with E-state index in [9.17, 15) is 4.21 Å². The summed E-state index contributed by atoms with van der Waals surface area (Å²) in [6.45, 7) is 4.70. The van der Waals surface area contributed by atoms with Crippen LogP contribution in [0.15, 0.2) is 18.2 Å². The minimum atomic E-state index is -0.761. The highest BCUT2D eigenvalue weighted by molar-refractivity contribution is 7.84. The Kier molecular flexibility index (Phi) is 4.40. The van der Waals surface area contributed by atoms with Gasteiger partial charge in [-0.1, -0.05) is 13.0 Å². The maximum atomic E-state index is 11.5. The molecular formula is C13H17ClN2OS. The minimum absolute atomic E-state index is 0.381. The maximum absolute atomic E-state index is 11.5. The fraction of sp³-hybridized carbons (Fsp3) is 0.462. The van der Waals surface area contributed by atoms with E-state index in [1.54, 1.807) is 0 Å². The molecule has 0 amide bonds. The van der Waals surface area contributed by atoms with Crippen LogP contribution in [0, 0.1) is 6.92 Å². The number of aromatic nitrogens is 2. The second-order valence-corrected chi connectivity index (χ2v) is 6.37. The van der Waals surface area contributed by atoms with Gasteiger partial charge in [-0.25, -0.2) is 4.98 Å². The zero-order valence-corrected chi connectivity index (χ0v) is 12.2. The quantitative estimate of drug-likeness (QED) is 0.792. The molecule has 1 unspecified atom stereocenters. The summed E-state index contributed by atoms with van der Waals surface area (Å²) in [4.78, 5) is 4.53. The summed E-state index contributed by atoms with van der Waals surface area (Å²) in [5.74, 6) is 2.58. The molecule has 2 aromatic rings. The second kappa shape index (κ2) is 5.85. The van der Waals surface area contributed by atoms with Crippen LogP contribution in [0.1, 0.15) is 18.3 Å². The van der Waals surface area contributed by atoms with Crippen molar-refractivity contribution in [2.75, 3.05) is 11.5 Å². The molecule has 5 heteroatoms. The third-order valence-corrected chi connectivity index (χ3v) is 4.49. The molecule has 0 saturated carbocycles. The summed E-state index contributed by atoms with van der Waals surface area (Å²) in [7, 11) is -0.761. The van der Waals surface area contributed by atoms with Crippen molar-refractivity contribution in [3.8, 4) is 0 Å². The minimum Gasteiger partial charge on any atom is -0.326 e. The standard InChI is InChI=1S/C13H17ClN2OS/c1-3-18(17)7-6-16-12-5-4-10(2)8-11(12)15-13(16)9-14/h4-5,8H,3,6-7,9H2,1-2H3. The number of hydrogen-bond donors (Lipinski definition) is 0. The molecule has 1 heterocycles. The second-order valence-electron chi connectivity index (χ2n) is 4.24. The normalized spacial score (nSPS) is 13.1. The summed E-state index contributed by atoms with van der Waals surface area (Å²) < 4.78 is 13.6. The van der Waals surface area contributed by atoms with E-state index >= 15 is 0 Å². The zero-order valence-electron chi connectivity index (χ0n) is 10.6. The lowest BCUT2D eigenvalue weighted by Gasteiger charge is -2.07. The average Bonchev–Trinajstić information content (AvgIpc) is 2.72. The predicted octanol–water partition coefficient (Wildman–Crippen LogP) is 2.85. The molecule has 0 saturated heterocycles. The third kappa shape index (κ3) is 2.75. The zero-order chi connectivity index (χ0) is 13.1. The van der Waals surface area contributed by atoms with Crippen molar-refractivity contribution in [1.82, 2.24) is 9.55 Å².